The van der Waals surface area contributed by atoms with E-state index in [9.17, 15) is 9.59 Å². The number of amides is 2. The van der Waals surface area contributed by atoms with Crippen molar-refractivity contribution in [3.05, 3.63) is 71.8 Å². The molecule has 0 unspecified atom stereocenters. The summed E-state index contributed by atoms with van der Waals surface area (Å²) in [6.45, 7) is 1.32. The van der Waals surface area contributed by atoms with Crippen LogP contribution in [0.15, 0.2) is 60.7 Å². The highest BCUT2D eigenvalue weighted by molar-refractivity contribution is 5.80. The van der Waals surface area contributed by atoms with Gasteiger partial charge in [0, 0.05) is 38.4 Å². The Morgan fingerprint density at radius 1 is 0.962 bits per heavy atom. The first kappa shape index (κ1) is 18.2. The van der Waals surface area contributed by atoms with Crippen LogP contribution in [0, 0.1) is 5.92 Å². The Morgan fingerprint density at radius 2 is 1.46 bits per heavy atom. The third kappa shape index (κ3) is 4.31. The number of rotatable bonds is 5. The van der Waals surface area contributed by atoms with Crippen LogP contribution < -0.4 is 5.32 Å². The van der Waals surface area contributed by atoms with Gasteiger partial charge in [0.15, 0.2) is 0 Å². The molecule has 0 aliphatic carbocycles. The van der Waals surface area contributed by atoms with Gasteiger partial charge in [-0.1, -0.05) is 60.7 Å². The summed E-state index contributed by atoms with van der Waals surface area (Å²) < 4.78 is 0. The molecule has 0 spiro atoms. The Kier molecular flexibility index (Phi) is 6.05. The number of hydrogen-bond donors (Lipinski definition) is 1. The van der Waals surface area contributed by atoms with Crippen LogP contribution in [-0.2, 0) is 9.59 Å². The minimum Gasteiger partial charge on any atom is -0.359 e. The molecule has 0 bridgehead atoms. The second kappa shape index (κ2) is 8.65. The molecule has 0 saturated carbocycles. The zero-order valence-corrected chi connectivity index (χ0v) is 15.2. The highest BCUT2D eigenvalue weighted by Crippen LogP contribution is 2.29. The van der Waals surface area contributed by atoms with Crippen molar-refractivity contribution in [2.75, 3.05) is 20.1 Å². The van der Waals surface area contributed by atoms with E-state index in [-0.39, 0.29) is 23.7 Å². The summed E-state index contributed by atoms with van der Waals surface area (Å²) in [5.74, 6) is 0.339. The van der Waals surface area contributed by atoms with E-state index < -0.39 is 0 Å². The number of carbonyl (C=O) groups excluding carboxylic acids is 2. The molecule has 0 atom stereocenters. The van der Waals surface area contributed by atoms with Crippen LogP contribution in [0.3, 0.4) is 0 Å². The first-order valence-corrected chi connectivity index (χ1v) is 9.28. The quantitative estimate of drug-likeness (QED) is 0.900. The van der Waals surface area contributed by atoms with Crippen molar-refractivity contribution in [2.24, 2.45) is 5.92 Å². The monoisotopic (exact) mass is 350 g/mol. The maximum Gasteiger partial charge on any atom is 0.223 e. The lowest BCUT2D eigenvalue weighted by molar-refractivity contribution is -0.135. The molecule has 4 heteroatoms. The first-order chi connectivity index (χ1) is 12.7. The zero-order chi connectivity index (χ0) is 18.4. The molecule has 1 saturated heterocycles. The molecule has 1 fully saturated rings. The maximum atomic E-state index is 12.9. The zero-order valence-electron chi connectivity index (χ0n) is 15.2. The van der Waals surface area contributed by atoms with Gasteiger partial charge >= 0.3 is 0 Å². The number of piperidine rings is 1. The summed E-state index contributed by atoms with van der Waals surface area (Å²) in [4.78, 5) is 26.6. The minimum atomic E-state index is 0.0306. The van der Waals surface area contributed by atoms with Gasteiger partial charge in [0.25, 0.3) is 0 Å². The van der Waals surface area contributed by atoms with E-state index in [0.717, 1.165) is 24.0 Å². The lowest BCUT2D eigenvalue weighted by Gasteiger charge is -2.32. The fourth-order valence-corrected chi connectivity index (χ4v) is 3.70. The molecule has 0 aromatic heterocycles. The number of benzene rings is 2. The second-order valence-electron chi connectivity index (χ2n) is 6.85. The van der Waals surface area contributed by atoms with E-state index in [1.54, 1.807) is 7.05 Å². The lowest BCUT2D eigenvalue weighted by atomic mass is 9.87. The predicted octanol–water partition coefficient (Wildman–Crippen LogP) is 3.19. The van der Waals surface area contributed by atoms with Crippen LogP contribution >= 0.6 is 0 Å². The Bertz CT molecular complexity index is 683. The topological polar surface area (TPSA) is 49.4 Å². The Morgan fingerprint density at radius 3 is 1.92 bits per heavy atom. The molecule has 2 amide bonds. The van der Waals surface area contributed by atoms with E-state index in [4.69, 9.17) is 0 Å². The molecule has 1 aliphatic rings. The standard InChI is InChI=1S/C22H26N2O2/c1-23-22(26)19-12-14-24(15-13-19)21(25)16-20(17-8-4-2-5-9-17)18-10-6-3-7-11-18/h2-11,19-20H,12-16H2,1H3,(H,23,26). The summed E-state index contributed by atoms with van der Waals surface area (Å²) in [5, 5.41) is 2.71. The van der Waals surface area contributed by atoms with Crippen LogP contribution in [-0.4, -0.2) is 36.9 Å². The number of likely N-dealkylation sites (tertiary alicyclic amines) is 1. The number of hydrogen-bond acceptors (Lipinski definition) is 2. The summed E-state index contributed by atoms with van der Waals surface area (Å²) in [7, 11) is 1.67. The van der Waals surface area contributed by atoms with Gasteiger partial charge in [-0.25, -0.2) is 0 Å². The van der Waals surface area contributed by atoms with Gasteiger partial charge in [-0.3, -0.25) is 9.59 Å². The average molecular weight is 350 g/mol. The number of nitrogens with zero attached hydrogens (tertiary/aromatic N) is 1. The maximum absolute atomic E-state index is 12.9. The first-order valence-electron chi connectivity index (χ1n) is 9.28. The van der Waals surface area contributed by atoms with Crippen molar-refractivity contribution in [3.8, 4) is 0 Å². The van der Waals surface area contributed by atoms with Crippen molar-refractivity contribution in [1.29, 1.82) is 0 Å². The summed E-state index contributed by atoms with van der Waals surface area (Å²) >= 11 is 0. The molecular weight excluding hydrogens is 324 g/mol. The molecule has 136 valence electrons. The smallest absolute Gasteiger partial charge is 0.223 e. The van der Waals surface area contributed by atoms with Gasteiger partial charge in [-0.2, -0.15) is 0 Å². The summed E-state index contributed by atoms with van der Waals surface area (Å²) in [5.41, 5.74) is 2.32. The average Bonchev–Trinajstić information content (AvgIpc) is 2.72. The second-order valence-corrected chi connectivity index (χ2v) is 6.85. The van der Waals surface area contributed by atoms with Gasteiger partial charge in [0.05, 0.1) is 0 Å². The predicted molar refractivity (Wildman–Crippen MR) is 103 cm³/mol. The van der Waals surface area contributed by atoms with Crippen molar-refractivity contribution in [3.63, 3.8) is 0 Å². The van der Waals surface area contributed by atoms with Crippen LogP contribution in [0.5, 0.6) is 0 Å². The third-order valence-electron chi connectivity index (χ3n) is 5.25. The van der Waals surface area contributed by atoms with E-state index in [1.807, 2.05) is 41.3 Å². The van der Waals surface area contributed by atoms with Crippen LogP contribution in [0.4, 0.5) is 0 Å². The van der Waals surface area contributed by atoms with E-state index >= 15 is 0 Å². The summed E-state index contributed by atoms with van der Waals surface area (Å²) in [6.07, 6.45) is 1.94. The van der Waals surface area contributed by atoms with Crippen LogP contribution in [0.25, 0.3) is 0 Å². The molecule has 2 aromatic carbocycles. The molecule has 1 heterocycles. The van der Waals surface area contributed by atoms with Gasteiger partial charge in [-0.05, 0) is 24.0 Å². The molecule has 0 radical (unpaired) electrons. The van der Waals surface area contributed by atoms with Crippen molar-refractivity contribution < 1.29 is 9.59 Å². The van der Waals surface area contributed by atoms with Crippen LogP contribution in [0.2, 0.25) is 0 Å². The lowest BCUT2D eigenvalue weighted by Crippen LogP contribution is -2.42. The van der Waals surface area contributed by atoms with Gasteiger partial charge in [-0.15, -0.1) is 0 Å². The van der Waals surface area contributed by atoms with E-state index in [1.165, 1.54) is 0 Å². The molecule has 26 heavy (non-hydrogen) atoms. The van der Waals surface area contributed by atoms with Crippen LogP contribution in [0.1, 0.15) is 36.3 Å². The van der Waals surface area contributed by atoms with Crippen molar-refractivity contribution in [1.82, 2.24) is 10.2 Å². The Labute approximate surface area is 155 Å². The SMILES string of the molecule is CNC(=O)C1CCN(C(=O)CC(c2ccccc2)c2ccccc2)CC1. The molecule has 1 aliphatic heterocycles. The molecule has 1 N–H and O–H groups in total. The normalized spacial score (nSPS) is 15.1. The van der Waals surface area contributed by atoms with E-state index in [0.29, 0.717) is 19.5 Å². The minimum absolute atomic E-state index is 0.0306. The number of nitrogens with one attached hydrogen (secondary N) is 1. The van der Waals surface area contributed by atoms with Crippen molar-refractivity contribution in [2.45, 2.75) is 25.2 Å². The van der Waals surface area contributed by atoms with Gasteiger partial charge < -0.3 is 10.2 Å². The molecule has 2 aromatic rings. The highest BCUT2D eigenvalue weighted by atomic mass is 16.2. The number of carbonyl (C=O) groups is 2. The molecule has 3 rings (SSSR count). The van der Waals surface area contributed by atoms with Gasteiger partial charge in [0.1, 0.15) is 0 Å². The largest absolute Gasteiger partial charge is 0.359 e. The highest BCUT2D eigenvalue weighted by Gasteiger charge is 2.28. The molecule has 4 nitrogen and oxygen atoms in total. The fourth-order valence-electron chi connectivity index (χ4n) is 3.70. The fraction of sp³-hybridized carbons (Fsp3) is 0.364. The van der Waals surface area contributed by atoms with E-state index in [2.05, 4.69) is 29.6 Å². The van der Waals surface area contributed by atoms with Crippen molar-refractivity contribution >= 4 is 11.8 Å². The van der Waals surface area contributed by atoms with Gasteiger partial charge in [0.2, 0.25) is 11.8 Å². The summed E-state index contributed by atoms with van der Waals surface area (Å²) in [6, 6.07) is 20.4. The Hall–Kier alpha value is -2.62. The third-order valence-corrected chi connectivity index (χ3v) is 5.25. The molecular formula is C22H26N2O2. The Balaban J connectivity index is 1.70.